The summed E-state index contributed by atoms with van der Waals surface area (Å²) in [7, 11) is 0. The first kappa shape index (κ1) is 16.7. The third-order valence-corrected chi connectivity index (χ3v) is 4.20. The number of ether oxygens (including phenoxy) is 1. The molecule has 0 N–H and O–H groups in total. The standard InChI is InChI=1S/C21H12FNO4/c22-16-10-4-3-9-15(16)21(26)27-18-12-6-5-11-17(18)23-19(24)13-7-1-2-8-14(13)20(23)25/h1-12H. The van der Waals surface area contributed by atoms with Crippen molar-refractivity contribution >= 4 is 23.5 Å². The zero-order valence-electron chi connectivity index (χ0n) is 13.9. The molecule has 3 aromatic carbocycles. The maximum atomic E-state index is 13.8. The van der Waals surface area contributed by atoms with E-state index in [-0.39, 0.29) is 28.1 Å². The van der Waals surface area contributed by atoms with Crippen LogP contribution >= 0.6 is 0 Å². The van der Waals surface area contributed by atoms with Crippen molar-refractivity contribution in [3.8, 4) is 5.75 Å². The number of para-hydroxylation sites is 2. The molecule has 1 heterocycles. The molecule has 0 unspecified atom stereocenters. The topological polar surface area (TPSA) is 63.7 Å². The molecule has 6 heteroatoms. The lowest BCUT2D eigenvalue weighted by atomic mass is 10.1. The number of carbonyl (C=O) groups is 3. The van der Waals surface area contributed by atoms with Crippen LogP contribution in [0.2, 0.25) is 0 Å². The number of rotatable bonds is 3. The van der Waals surface area contributed by atoms with Gasteiger partial charge in [-0.3, -0.25) is 9.59 Å². The van der Waals surface area contributed by atoms with Crippen LogP contribution in [0.25, 0.3) is 0 Å². The number of nitrogens with zero attached hydrogens (tertiary/aromatic N) is 1. The summed E-state index contributed by atoms with van der Waals surface area (Å²) in [6.07, 6.45) is 0. The van der Waals surface area contributed by atoms with Gasteiger partial charge < -0.3 is 4.74 Å². The Balaban J connectivity index is 1.71. The third-order valence-electron chi connectivity index (χ3n) is 4.20. The molecule has 132 valence electrons. The van der Waals surface area contributed by atoms with Gasteiger partial charge in [0, 0.05) is 0 Å². The number of fused-ring (bicyclic) bond motifs is 1. The van der Waals surface area contributed by atoms with Crippen LogP contribution in [-0.2, 0) is 0 Å². The summed E-state index contributed by atoms with van der Waals surface area (Å²) in [5.41, 5.74) is 0.429. The van der Waals surface area contributed by atoms with E-state index < -0.39 is 23.6 Å². The van der Waals surface area contributed by atoms with Gasteiger partial charge in [0.25, 0.3) is 11.8 Å². The molecule has 3 aromatic rings. The summed E-state index contributed by atoms with van der Waals surface area (Å²) >= 11 is 0. The fourth-order valence-corrected chi connectivity index (χ4v) is 2.92. The lowest BCUT2D eigenvalue weighted by molar-refractivity contribution is 0.0726. The van der Waals surface area contributed by atoms with Crippen molar-refractivity contribution < 1.29 is 23.5 Å². The minimum Gasteiger partial charge on any atom is -0.421 e. The average Bonchev–Trinajstić information content (AvgIpc) is 2.94. The molecule has 2 amide bonds. The highest BCUT2D eigenvalue weighted by Gasteiger charge is 2.38. The van der Waals surface area contributed by atoms with Crippen LogP contribution in [0.3, 0.4) is 0 Å². The number of halogens is 1. The maximum absolute atomic E-state index is 13.8. The minimum atomic E-state index is -0.919. The monoisotopic (exact) mass is 361 g/mol. The van der Waals surface area contributed by atoms with Crippen molar-refractivity contribution in [1.29, 1.82) is 0 Å². The molecule has 27 heavy (non-hydrogen) atoms. The minimum absolute atomic E-state index is 0.0136. The molecule has 0 saturated heterocycles. The molecule has 0 atom stereocenters. The van der Waals surface area contributed by atoms with Gasteiger partial charge in [-0.25, -0.2) is 14.1 Å². The Morgan fingerprint density at radius 3 is 2.00 bits per heavy atom. The summed E-state index contributed by atoms with van der Waals surface area (Å²) in [4.78, 5) is 38.6. The summed E-state index contributed by atoms with van der Waals surface area (Å²) in [6, 6.07) is 18.0. The van der Waals surface area contributed by atoms with Crippen LogP contribution in [-0.4, -0.2) is 17.8 Å². The van der Waals surface area contributed by atoms with Crippen molar-refractivity contribution in [1.82, 2.24) is 0 Å². The van der Waals surface area contributed by atoms with Crippen molar-refractivity contribution in [2.24, 2.45) is 0 Å². The first-order valence-corrected chi connectivity index (χ1v) is 8.11. The van der Waals surface area contributed by atoms with Crippen molar-refractivity contribution in [3.63, 3.8) is 0 Å². The smallest absolute Gasteiger partial charge is 0.346 e. The zero-order chi connectivity index (χ0) is 19.0. The first-order valence-electron chi connectivity index (χ1n) is 8.11. The fourth-order valence-electron chi connectivity index (χ4n) is 2.92. The predicted molar refractivity (Wildman–Crippen MR) is 95.4 cm³/mol. The summed E-state index contributed by atoms with van der Waals surface area (Å²) in [5, 5.41) is 0. The Morgan fingerprint density at radius 1 is 0.778 bits per heavy atom. The van der Waals surface area contributed by atoms with E-state index >= 15 is 0 Å². The Bertz CT molecular complexity index is 1060. The Morgan fingerprint density at radius 2 is 1.33 bits per heavy atom. The highest BCUT2D eigenvalue weighted by molar-refractivity contribution is 6.34. The number of amides is 2. The van der Waals surface area contributed by atoms with Crippen LogP contribution < -0.4 is 9.64 Å². The second-order valence-electron chi connectivity index (χ2n) is 5.83. The number of benzene rings is 3. The number of imide groups is 1. The van der Waals surface area contributed by atoms with E-state index in [0.717, 1.165) is 11.0 Å². The molecule has 4 rings (SSSR count). The van der Waals surface area contributed by atoms with Gasteiger partial charge in [0.15, 0.2) is 5.75 Å². The highest BCUT2D eigenvalue weighted by Crippen LogP contribution is 2.35. The number of anilines is 1. The molecular formula is C21H12FNO4. The van der Waals surface area contributed by atoms with E-state index in [1.165, 1.54) is 30.3 Å². The van der Waals surface area contributed by atoms with Gasteiger partial charge in [-0.15, -0.1) is 0 Å². The van der Waals surface area contributed by atoms with Crippen LogP contribution in [0.1, 0.15) is 31.1 Å². The predicted octanol–water partition coefficient (Wildman–Crippen LogP) is 3.85. The van der Waals surface area contributed by atoms with E-state index in [4.69, 9.17) is 4.74 Å². The first-order chi connectivity index (χ1) is 13.1. The van der Waals surface area contributed by atoms with E-state index in [9.17, 15) is 18.8 Å². The summed E-state index contributed by atoms with van der Waals surface area (Å²) < 4.78 is 19.1. The Hall–Kier alpha value is -3.80. The zero-order valence-corrected chi connectivity index (χ0v) is 13.9. The number of carbonyl (C=O) groups excluding carboxylic acids is 3. The second kappa shape index (κ2) is 6.49. The summed E-state index contributed by atoms with van der Waals surface area (Å²) in [6.45, 7) is 0. The molecule has 0 saturated carbocycles. The summed E-state index contributed by atoms with van der Waals surface area (Å²) in [5.74, 6) is -2.67. The van der Waals surface area contributed by atoms with Crippen LogP contribution in [0.5, 0.6) is 5.75 Å². The largest absolute Gasteiger partial charge is 0.421 e. The lowest BCUT2D eigenvalue weighted by Crippen LogP contribution is -2.30. The molecule has 5 nitrogen and oxygen atoms in total. The van der Waals surface area contributed by atoms with E-state index in [0.29, 0.717) is 0 Å². The van der Waals surface area contributed by atoms with E-state index in [1.54, 1.807) is 36.4 Å². The molecule has 0 aliphatic carbocycles. The number of esters is 1. The molecule has 0 bridgehead atoms. The van der Waals surface area contributed by atoms with E-state index in [2.05, 4.69) is 0 Å². The van der Waals surface area contributed by atoms with E-state index in [1.807, 2.05) is 0 Å². The quantitative estimate of drug-likeness (QED) is 0.404. The average molecular weight is 361 g/mol. The van der Waals surface area contributed by atoms with Gasteiger partial charge >= 0.3 is 5.97 Å². The second-order valence-corrected chi connectivity index (χ2v) is 5.83. The van der Waals surface area contributed by atoms with Crippen molar-refractivity contribution in [2.75, 3.05) is 4.90 Å². The van der Waals surface area contributed by atoms with Gasteiger partial charge in [0.2, 0.25) is 0 Å². The van der Waals surface area contributed by atoms with Gasteiger partial charge in [0.1, 0.15) is 5.82 Å². The third kappa shape index (κ3) is 2.77. The molecule has 0 fully saturated rings. The molecule has 0 spiro atoms. The van der Waals surface area contributed by atoms with Crippen molar-refractivity contribution in [2.45, 2.75) is 0 Å². The molecule has 1 aliphatic heterocycles. The Labute approximate surface area is 153 Å². The SMILES string of the molecule is O=C(Oc1ccccc1N1C(=O)c2ccccc2C1=O)c1ccccc1F. The molecular weight excluding hydrogens is 349 g/mol. The van der Waals surface area contributed by atoms with Gasteiger partial charge in [-0.1, -0.05) is 36.4 Å². The lowest BCUT2D eigenvalue weighted by Gasteiger charge is -2.17. The van der Waals surface area contributed by atoms with Gasteiger partial charge in [0.05, 0.1) is 22.4 Å². The Kier molecular flexibility index (Phi) is 4.01. The molecule has 0 radical (unpaired) electrons. The molecule has 0 aromatic heterocycles. The molecule has 1 aliphatic rings. The van der Waals surface area contributed by atoms with Crippen LogP contribution in [0.4, 0.5) is 10.1 Å². The van der Waals surface area contributed by atoms with Gasteiger partial charge in [-0.2, -0.15) is 0 Å². The van der Waals surface area contributed by atoms with Crippen LogP contribution in [0, 0.1) is 5.82 Å². The highest BCUT2D eigenvalue weighted by atomic mass is 19.1. The normalized spacial score (nSPS) is 12.9. The van der Waals surface area contributed by atoms with Crippen molar-refractivity contribution in [3.05, 3.63) is 95.3 Å². The maximum Gasteiger partial charge on any atom is 0.346 e. The fraction of sp³-hybridized carbons (Fsp3) is 0. The number of hydrogen-bond acceptors (Lipinski definition) is 4. The number of hydrogen-bond donors (Lipinski definition) is 0. The van der Waals surface area contributed by atoms with Crippen LogP contribution in [0.15, 0.2) is 72.8 Å². The van der Waals surface area contributed by atoms with Gasteiger partial charge in [-0.05, 0) is 36.4 Å².